The number of hydrogen-bond acceptors (Lipinski definition) is 2. The molecule has 2 saturated carbocycles. The highest BCUT2D eigenvalue weighted by Crippen LogP contribution is 2.45. The van der Waals surface area contributed by atoms with Crippen LogP contribution in [0.4, 0.5) is 0 Å². The maximum atomic E-state index is 6.84. The first-order chi connectivity index (χ1) is 8.75. The molecule has 2 heteroatoms. The van der Waals surface area contributed by atoms with E-state index in [1.165, 1.54) is 25.7 Å². The lowest BCUT2D eigenvalue weighted by atomic mass is 9.60. The van der Waals surface area contributed by atoms with E-state index in [1.807, 2.05) is 0 Å². The summed E-state index contributed by atoms with van der Waals surface area (Å²) in [4.78, 5) is 0. The smallest absolute Gasteiger partial charge is 0.0200 e. The van der Waals surface area contributed by atoms with Crippen LogP contribution in [-0.2, 0) is 0 Å². The molecule has 0 aromatic heterocycles. The summed E-state index contributed by atoms with van der Waals surface area (Å²) >= 11 is 0. The van der Waals surface area contributed by atoms with Gasteiger partial charge < -0.3 is 11.5 Å². The lowest BCUT2D eigenvalue weighted by molar-refractivity contribution is 0.0681. The molecule has 112 valence electrons. The van der Waals surface area contributed by atoms with Gasteiger partial charge >= 0.3 is 0 Å². The molecule has 0 aromatic carbocycles. The van der Waals surface area contributed by atoms with Gasteiger partial charge in [-0.15, -0.1) is 0 Å². The second-order valence-corrected chi connectivity index (χ2v) is 8.22. The molecule has 2 aliphatic rings. The Kier molecular flexibility index (Phi) is 4.32. The van der Waals surface area contributed by atoms with Crippen molar-refractivity contribution in [3.05, 3.63) is 0 Å². The van der Waals surface area contributed by atoms with Crippen LogP contribution in [0, 0.1) is 23.7 Å². The van der Waals surface area contributed by atoms with Crippen molar-refractivity contribution in [1.82, 2.24) is 0 Å². The molecule has 2 aliphatic carbocycles. The van der Waals surface area contributed by atoms with E-state index in [4.69, 9.17) is 11.5 Å². The van der Waals surface area contributed by atoms with Crippen molar-refractivity contribution in [3.63, 3.8) is 0 Å². The molecular weight excluding hydrogens is 232 g/mol. The van der Waals surface area contributed by atoms with Crippen LogP contribution in [0.25, 0.3) is 0 Å². The Bertz CT molecular complexity index is 286. The van der Waals surface area contributed by atoms with Crippen LogP contribution in [0.1, 0.15) is 72.6 Å². The fraction of sp³-hybridized carbons (Fsp3) is 1.00. The number of rotatable bonds is 2. The van der Waals surface area contributed by atoms with Crippen LogP contribution >= 0.6 is 0 Å². The van der Waals surface area contributed by atoms with E-state index in [0.717, 1.165) is 31.1 Å². The molecule has 0 bridgehead atoms. The quantitative estimate of drug-likeness (QED) is 0.801. The van der Waals surface area contributed by atoms with E-state index in [-0.39, 0.29) is 11.1 Å². The van der Waals surface area contributed by atoms with Crippen molar-refractivity contribution < 1.29 is 0 Å². The summed E-state index contributed by atoms with van der Waals surface area (Å²) < 4.78 is 0. The molecule has 2 fully saturated rings. The van der Waals surface area contributed by atoms with Crippen molar-refractivity contribution >= 4 is 0 Å². The van der Waals surface area contributed by atoms with Crippen LogP contribution in [0.3, 0.4) is 0 Å². The van der Waals surface area contributed by atoms with Crippen LogP contribution < -0.4 is 11.5 Å². The topological polar surface area (TPSA) is 52.0 Å². The van der Waals surface area contributed by atoms with E-state index >= 15 is 0 Å². The van der Waals surface area contributed by atoms with E-state index < -0.39 is 0 Å². The summed E-state index contributed by atoms with van der Waals surface area (Å²) in [6, 6.07) is 0. The molecule has 0 aliphatic heterocycles. The molecule has 6 unspecified atom stereocenters. The van der Waals surface area contributed by atoms with Gasteiger partial charge in [-0.2, -0.15) is 0 Å². The molecule has 19 heavy (non-hydrogen) atoms. The first-order valence-electron chi connectivity index (χ1n) is 8.33. The van der Waals surface area contributed by atoms with Crippen molar-refractivity contribution in [1.29, 1.82) is 0 Å². The van der Waals surface area contributed by atoms with Gasteiger partial charge in [0.15, 0.2) is 0 Å². The maximum Gasteiger partial charge on any atom is 0.0200 e. The van der Waals surface area contributed by atoms with Gasteiger partial charge in [-0.25, -0.2) is 0 Å². The van der Waals surface area contributed by atoms with Crippen LogP contribution in [0.2, 0.25) is 0 Å². The Labute approximate surface area is 119 Å². The fourth-order valence-corrected chi connectivity index (χ4v) is 4.65. The first kappa shape index (κ1) is 15.3. The normalized spacial score (nSPS) is 52.1. The van der Waals surface area contributed by atoms with Crippen molar-refractivity contribution in [2.45, 2.75) is 83.7 Å². The molecule has 0 heterocycles. The molecule has 2 nitrogen and oxygen atoms in total. The van der Waals surface area contributed by atoms with Gasteiger partial charge in [0.1, 0.15) is 0 Å². The third kappa shape index (κ3) is 3.16. The van der Waals surface area contributed by atoms with Gasteiger partial charge in [0.05, 0.1) is 0 Å². The average Bonchev–Trinajstić information content (AvgIpc) is 2.29. The predicted octanol–water partition coefficient (Wildman–Crippen LogP) is 3.68. The SMILES string of the molecule is CC1CCC(C)C(N)(CC2(N)CC(C)CCC2C)C1. The molecule has 0 amide bonds. The molecule has 0 radical (unpaired) electrons. The third-order valence-corrected chi connectivity index (χ3v) is 6.26. The number of hydrogen-bond donors (Lipinski definition) is 2. The van der Waals surface area contributed by atoms with Gasteiger partial charge in [-0.05, 0) is 55.8 Å². The van der Waals surface area contributed by atoms with E-state index in [1.54, 1.807) is 0 Å². The molecule has 0 aromatic rings. The van der Waals surface area contributed by atoms with Gasteiger partial charge in [0, 0.05) is 11.1 Å². The zero-order valence-corrected chi connectivity index (χ0v) is 13.4. The average molecular weight is 266 g/mol. The van der Waals surface area contributed by atoms with Crippen molar-refractivity contribution in [2.75, 3.05) is 0 Å². The summed E-state index contributed by atoms with van der Waals surface area (Å²) in [7, 11) is 0. The maximum absolute atomic E-state index is 6.84. The lowest BCUT2D eigenvalue weighted by Gasteiger charge is -2.51. The number of nitrogens with two attached hydrogens (primary N) is 2. The molecule has 0 spiro atoms. The Hall–Kier alpha value is -0.0800. The van der Waals surface area contributed by atoms with E-state index in [9.17, 15) is 0 Å². The van der Waals surface area contributed by atoms with Gasteiger partial charge in [-0.3, -0.25) is 0 Å². The minimum atomic E-state index is -0.0300. The molecule has 6 atom stereocenters. The Morgan fingerprint density at radius 3 is 1.47 bits per heavy atom. The van der Waals surface area contributed by atoms with E-state index in [2.05, 4.69) is 27.7 Å². The molecular formula is C17H34N2. The standard InChI is InChI=1S/C17H34N2/c1-12-5-7-14(3)16(18,9-12)11-17(19)10-13(2)6-8-15(17)4/h12-15H,5-11,18-19H2,1-4H3. The second kappa shape index (κ2) is 5.37. The lowest BCUT2D eigenvalue weighted by Crippen LogP contribution is -2.61. The minimum absolute atomic E-state index is 0.0300. The monoisotopic (exact) mass is 266 g/mol. The summed E-state index contributed by atoms with van der Waals surface area (Å²) in [6.07, 6.45) is 8.57. The highest BCUT2D eigenvalue weighted by molar-refractivity contribution is 5.05. The van der Waals surface area contributed by atoms with Crippen LogP contribution in [-0.4, -0.2) is 11.1 Å². The molecule has 0 saturated heterocycles. The first-order valence-corrected chi connectivity index (χ1v) is 8.33. The molecule has 2 rings (SSSR count). The third-order valence-electron chi connectivity index (χ3n) is 6.26. The zero-order valence-electron chi connectivity index (χ0n) is 13.4. The largest absolute Gasteiger partial charge is 0.325 e. The fourth-order valence-electron chi connectivity index (χ4n) is 4.65. The second-order valence-electron chi connectivity index (χ2n) is 8.22. The Morgan fingerprint density at radius 2 is 1.11 bits per heavy atom. The van der Waals surface area contributed by atoms with E-state index in [0.29, 0.717) is 11.8 Å². The summed E-state index contributed by atoms with van der Waals surface area (Å²) in [5.74, 6) is 2.77. The minimum Gasteiger partial charge on any atom is -0.325 e. The summed E-state index contributed by atoms with van der Waals surface area (Å²) in [5, 5.41) is 0. The van der Waals surface area contributed by atoms with Gasteiger partial charge in [0.2, 0.25) is 0 Å². The predicted molar refractivity (Wildman–Crippen MR) is 82.8 cm³/mol. The van der Waals surface area contributed by atoms with Crippen molar-refractivity contribution in [2.24, 2.45) is 35.1 Å². The highest BCUT2D eigenvalue weighted by Gasteiger charge is 2.46. The summed E-state index contributed by atoms with van der Waals surface area (Å²) in [6.45, 7) is 9.38. The molecule has 4 N–H and O–H groups in total. The van der Waals surface area contributed by atoms with Crippen LogP contribution in [0.5, 0.6) is 0 Å². The van der Waals surface area contributed by atoms with Crippen molar-refractivity contribution in [3.8, 4) is 0 Å². The highest BCUT2D eigenvalue weighted by atomic mass is 14.9. The van der Waals surface area contributed by atoms with Gasteiger partial charge in [-0.1, -0.05) is 40.5 Å². The Balaban J connectivity index is 2.12. The summed E-state index contributed by atoms with van der Waals surface area (Å²) in [5.41, 5.74) is 13.6. The zero-order chi connectivity index (χ0) is 14.3. The van der Waals surface area contributed by atoms with Gasteiger partial charge in [0.25, 0.3) is 0 Å². The van der Waals surface area contributed by atoms with Crippen LogP contribution in [0.15, 0.2) is 0 Å². The Morgan fingerprint density at radius 1 is 0.737 bits per heavy atom.